The van der Waals surface area contributed by atoms with E-state index in [2.05, 4.69) is 5.10 Å². The molecule has 1 atom stereocenters. The van der Waals surface area contributed by atoms with E-state index in [0.29, 0.717) is 11.4 Å². The van der Waals surface area contributed by atoms with E-state index < -0.39 is 12.0 Å². The van der Waals surface area contributed by atoms with Crippen molar-refractivity contribution in [2.45, 2.75) is 19.4 Å². The summed E-state index contributed by atoms with van der Waals surface area (Å²) in [6.45, 7) is 1.79. The Hall–Kier alpha value is -1.03. The molecular formula is C7H9ClN2O2. The van der Waals surface area contributed by atoms with Crippen LogP contribution in [0, 0.1) is 0 Å². The minimum atomic E-state index is -0.891. The first kappa shape index (κ1) is 9.06. The fraction of sp³-hybridized carbons (Fsp3) is 0.429. The third kappa shape index (κ3) is 1.76. The zero-order valence-corrected chi connectivity index (χ0v) is 7.32. The number of hydrogen-bond donors (Lipinski definition) is 1. The lowest BCUT2D eigenvalue weighted by atomic mass is 10.2. The van der Waals surface area contributed by atoms with Crippen molar-refractivity contribution in [3.05, 3.63) is 17.4 Å². The van der Waals surface area contributed by atoms with Crippen molar-refractivity contribution in [3.8, 4) is 0 Å². The van der Waals surface area contributed by atoms with Crippen molar-refractivity contribution >= 4 is 17.6 Å². The van der Waals surface area contributed by atoms with Gasteiger partial charge in [-0.25, -0.2) is 4.79 Å². The minimum absolute atomic E-state index is 0.453. The lowest BCUT2D eigenvalue weighted by Gasteiger charge is -2.08. The summed E-state index contributed by atoms with van der Waals surface area (Å²) in [4.78, 5) is 10.6. The SMILES string of the molecule is CCC(C(=O)O)n1cc(Cl)cn1. The number of carboxylic acid groups (broad SMARTS) is 1. The molecule has 4 nitrogen and oxygen atoms in total. The maximum Gasteiger partial charge on any atom is 0.328 e. The molecule has 5 heteroatoms. The van der Waals surface area contributed by atoms with E-state index in [9.17, 15) is 4.79 Å². The molecule has 0 aliphatic heterocycles. The molecule has 0 radical (unpaired) electrons. The van der Waals surface area contributed by atoms with Crippen LogP contribution in [0.1, 0.15) is 19.4 Å². The Morgan fingerprint density at radius 2 is 2.58 bits per heavy atom. The fourth-order valence-corrected chi connectivity index (χ4v) is 1.10. The van der Waals surface area contributed by atoms with Gasteiger partial charge in [0.15, 0.2) is 0 Å². The van der Waals surface area contributed by atoms with Crippen molar-refractivity contribution in [1.82, 2.24) is 9.78 Å². The summed E-state index contributed by atoms with van der Waals surface area (Å²) in [7, 11) is 0. The second-order valence-electron chi connectivity index (χ2n) is 2.40. The van der Waals surface area contributed by atoms with Crippen LogP contribution in [0.4, 0.5) is 0 Å². The average Bonchev–Trinajstić information content (AvgIpc) is 2.37. The molecule has 0 amide bonds. The van der Waals surface area contributed by atoms with Gasteiger partial charge in [-0.15, -0.1) is 0 Å². The highest BCUT2D eigenvalue weighted by Gasteiger charge is 2.17. The Bertz CT molecular complexity index is 285. The van der Waals surface area contributed by atoms with E-state index in [0.717, 1.165) is 0 Å². The van der Waals surface area contributed by atoms with Crippen LogP contribution in [0.2, 0.25) is 5.02 Å². The predicted molar refractivity (Wildman–Crippen MR) is 44.2 cm³/mol. The number of carboxylic acids is 1. The highest BCUT2D eigenvalue weighted by molar-refractivity contribution is 6.30. The van der Waals surface area contributed by atoms with Gasteiger partial charge < -0.3 is 5.11 Å². The maximum absolute atomic E-state index is 10.6. The van der Waals surface area contributed by atoms with Crippen molar-refractivity contribution in [2.75, 3.05) is 0 Å². The molecule has 1 aromatic heterocycles. The first-order valence-electron chi connectivity index (χ1n) is 3.57. The first-order chi connectivity index (χ1) is 5.65. The Labute approximate surface area is 74.8 Å². The van der Waals surface area contributed by atoms with Crippen LogP contribution in [0.25, 0.3) is 0 Å². The molecule has 66 valence electrons. The van der Waals surface area contributed by atoms with Gasteiger partial charge in [0.05, 0.1) is 11.2 Å². The van der Waals surface area contributed by atoms with Crippen LogP contribution in [0.3, 0.4) is 0 Å². The summed E-state index contributed by atoms with van der Waals surface area (Å²) in [5, 5.41) is 13.0. The van der Waals surface area contributed by atoms with E-state index in [1.807, 2.05) is 0 Å². The number of hydrogen-bond acceptors (Lipinski definition) is 2. The Balaban J connectivity index is 2.87. The minimum Gasteiger partial charge on any atom is -0.480 e. The van der Waals surface area contributed by atoms with Crippen molar-refractivity contribution in [1.29, 1.82) is 0 Å². The van der Waals surface area contributed by atoms with E-state index in [4.69, 9.17) is 16.7 Å². The zero-order valence-electron chi connectivity index (χ0n) is 6.57. The molecule has 0 aliphatic rings. The highest BCUT2D eigenvalue weighted by Crippen LogP contribution is 2.13. The Kier molecular flexibility index (Phi) is 2.70. The van der Waals surface area contributed by atoms with Gasteiger partial charge >= 0.3 is 5.97 Å². The molecule has 1 unspecified atom stereocenters. The topological polar surface area (TPSA) is 55.1 Å². The fourth-order valence-electron chi connectivity index (χ4n) is 0.960. The van der Waals surface area contributed by atoms with Gasteiger partial charge in [0.2, 0.25) is 0 Å². The standard InChI is InChI=1S/C7H9ClN2O2/c1-2-6(7(11)12)10-4-5(8)3-9-10/h3-4,6H,2H2,1H3,(H,11,12). The van der Waals surface area contributed by atoms with Crippen molar-refractivity contribution in [3.63, 3.8) is 0 Å². The van der Waals surface area contributed by atoms with Gasteiger partial charge in [0, 0.05) is 6.20 Å². The number of carbonyl (C=O) groups is 1. The first-order valence-corrected chi connectivity index (χ1v) is 3.95. The Morgan fingerprint density at radius 1 is 1.92 bits per heavy atom. The van der Waals surface area contributed by atoms with Gasteiger partial charge in [-0.2, -0.15) is 5.10 Å². The van der Waals surface area contributed by atoms with Crippen LogP contribution in [-0.2, 0) is 4.79 Å². The van der Waals surface area contributed by atoms with Gasteiger partial charge in [0.1, 0.15) is 6.04 Å². The second-order valence-corrected chi connectivity index (χ2v) is 2.84. The van der Waals surface area contributed by atoms with E-state index in [-0.39, 0.29) is 0 Å². The van der Waals surface area contributed by atoms with Crippen LogP contribution < -0.4 is 0 Å². The van der Waals surface area contributed by atoms with Gasteiger partial charge in [0.25, 0.3) is 0 Å². The van der Waals surface area contributed by atoms with E-state index in [1.54, 1.807) is 6.92 Å². The molecule has 0 aliphatic carbocycles. The summed E-state index contributed by atoms with van der Waals surface area (Å²) in [5.41, 5.74) is 0. The number of halogens is 1. The van der Waals surface area contributed by atoms with Crippen molar-refractivity contribution in [2.24, 2.45) is 0 Å². The van der Waals surface area contributed by atoms with Gasteiger partial charge in [-0.1, -0.05) is 18.5 Å². The molecule has 0 aromatic carbocycles. The molecule has 0 saturated heterocycles. The molecule has 1 rings (SSSR count). The second kappa shape index (κ2) is 3.58. The van der Waals surface area contributed by atoms with Crippen molar-refractivity contribution < 1.29 is 9.90 Å². The summed E-state index contributed by atoms with van der Waals surface area (Å²) in [5.74, 6) is -0.891. The summed E-state index contributed by atoms with van der Waals surface area (Å²) >= 11 is 5.59. The molecule has 1 heterocycles. The van der Waals surface area contributed by atoms with Gasteiger partial charge in [-0.3, -0.25) is 4.68 Å². The van der Waals surface area contributed by atoms with E-state index in [1.165, 1.54) is 17.1 Å². The highest BCUT2D eigenvalue weighted by atomic mass is 35.5. The quantitative estimate of drug-likeness (QED) is 0.784. The van der Waals surface area contributed by atoms with Crippen LogP contribution >= 0.6 is 11.6 Å². The number of aliphatic carboxylic acids is 1. The third-order valence-electron chi connectivity index (χ3n) is 1.56. The largest absolute Gasteiger partial charge is 0.480 e. The molecule has 12 heavy (non-hydrogen) atoms. The molecule has 0 saturated carbocycles. The number of aromatic nitrogens is 2. The maximum atomic E-state index is 10.6. The summed E-state index contributed by atoms with van der Waals surface area (Å²) in [6.07, 6.45) is 3.42. The molecule has 1 aromatic rings. The molecule has 0 fully saturated rings. The zero-order chi connectivity index (χ0) is 9.14. The predicted octanol–water partition coefficient (Wildman–Crippen LogP) is 1.57. The van der Waals surface area contributed by atoms with Crippen LogP contribution in [-0.4, -0.2) is 20.9 Å². The summed E-state index contributed by atoms with van der Waals surface area (Å²) in [6, 6.07) is -0.613. The smallest absolute Gasteiger partial charge is 0.328 e. The molecular weight excluding hydrogens is 180 g/mol. The van der Waals surface area contributed by atoms with Crippen LogP contribution in [0.15, 0.2) is 12.4 Å². The summed E-state index contributed by atoms with van der Waals surface area (Å²) < 4.78 is 1.35. The van der Waals surface area contributed by atoms with Gasteiger partial charge in [-0.05, 0) is 6.42 Å². The third-order valence-corrected chi connectivity index (χ3v) is 1.76. The number of rotatable bonds is 3. The molecule has 0 spiro atoms. The lowest BCUT2D eigenvalue weighted by molar-refractivity contribution is -0.141. The average molecular weight is 189 g/mol. The lowest BCUT2D eigenvalue weighted by Crippen LogP contribution is -2.18. The molecule has 1 N–H and O–H groups in total. The normalized spacial score (nSPS) is 12.8. The monoisotopic (exact) mass is 188 g/mol. The Morgan fingerprint density at radius 3 is 2.92 bits per heavy atom. The molecule has 0 bridgehead atoms. The number of nitrogens with zero attached hydrogens (tertiary/aromatic N) is 2. The van der Waals surface area contributed by atoms with E-state index >= 15 is 0 Å². The van der Waals surface area contributed by atoms with Crippen LogP contribution in [0.5, 0.6) is 0 Å².